The summed E-state index contributed by atoms with van der Waals surface area (Å²) in [7, 11) is 1.63. The van der Waals surface area contributed by atoms with Gasteiger partial charge >= 0.3 is 0 Å². The predicted molar refractivity (Wildman–Crippen MR) is 119 cm³/mol. The van der Waals surface area contributed by atoms with Gasteiger partial charge in [-0.05, 0) is 61.3 Å². The summed E-state index contributed by atoms with van der Waals surface area (Å²) < 4.78 is 53.3. The minimum absolute atomic E-state index is 0.0105. The van der Waals surface area contributed by atoms with Crippen molar-refractivity contribution in [2.75, 3.05) is 20.2 Å². The maximum atomic E-state index is 14.2. The van der Waals surface area contributed by atoms with Gasteiger partial charge in [0.05, 0.1) is 18.4 Å². The summed E-state index contributed by atoms with van der Waals surface area (Å²) in [5, 5.41) is 3.07. The molecule has 1 N–H and O–H groups in total. The topological polar surface area (TPSA) is 54.7 Å². The number of fused-ring (bicyclic) bond motifs is 2. The molecule has 0 bridgehead atoms. The molecular formula is C26H25F3N2O3. The maximum absolute atomic E-state index is 14.2. The number of methoxy groups -OCH3 is 1. The monoisotopic (exact) mass is 470 g/mol. The molecule has 0 radical (unpaired) electrons. The van der Waals surface area contributed by atoms with Gasteiger partial charge in [-0.3, -0.25) is 9.69 Å². The van der Waals surface area contributed by atoms with E-state index in [4.69, 9.17) is 9.15 Å². The lowest BCUT2D eigenvalue weighted by Crippen LogP contribution is -2.50. The Labute approximate surface area is 195 Å². The number of carbonyl (C=O) groups is 1. The number of ether oxygens (including phenoxy) is 1. The normalized spacial score (nSPS) is 21.5. The minimum Gasteiger partial charge on any atom is -0.459 e. The zero-order valence-corrected chi connectivity index (χ0v) is 18.7. The van der Waals surface area contributed by atoms with E-state index in [1.807, 2.05) is 23.1 Å². The van der Waals surface area contributed by atoms with Crippen LogP contribution >= 0.6 is 0 Å². The van der Waals surface area contributed by atoms with E-state index in [0.29, 0.717) is 25.9 Å². The number of benzene rings is 2. The molecule has 5 rings (SSSR count). The number of furan rings is 1. The van der Waals surface area contributed by atoms with Gasteiger partial charge in [0.15, 0.2) is 17.4 Å². The number of amides is 1. The summed E-state index contributed by atoms with van der Waals surface area (Å²) in [5.74, 6) is -3.03. The predicted octanol–water partition coefficient (Wildman–Crippen LogP) is 4.73. The molecule has 2 atom stereocenters. The van der Waals surface area contributed by atoms with Crippen molar-refractivity contribution in [3.05, 3.63) is 94.7 Å². The van der Waals surface area contributed by atoms with E-state index in [1.165, 1.54) is 6.26 Å². The highest BCUT2D eigenvalue weighted by atomic mass is 19.2. The number of hydrogen-bond donors (Lipinski definition) is 1. The van der Waals surface area contributed by atoms with Crippen molar-refractivity contribution in [1.82, 2.24) is 10.2 Å². The maximum Gasteiger partial charge on any atom is 0.287 e. The Morgan fingerprint density at radius 2 is 1.82 bits per heavy atom. The number of halogens is 3. The molecule has 1 amide bonds. The Balaban J connectivity index is 1.39. The van der Waals surface area contributed by atoms with E-state index in [0.717, 1.165) is 23.3 Å². The molecule has 1 fully saturated rings. The van der Waals surface area contributed by atoms with Crippen molar-refractivity contribution in [2.45, 2.75) is 36.9 Å². The molecule has 2 aromatic carbocycles. The molecule has 0 saturated carbocycles. The number of carbonyl (C=O) groups excluding carboxylic acids is 1. The van der Waals surface area contributed by atoms with Gasteiger partial charge in [0.1, 0.15) is 5.82 Å². The van der Waals surface area contributed by atoms with Gasteiger partial charge < -0.3 is 14.5 Å². The Bertz CT molecular complexity index is 1190. The highest BCUT2D eigenvalue weighted by molar-refractivity contribution is 5.91. The molecule has 8 heteroatoms. The molecule has 1 spiro atoms. The molecule has 2 aliphatic rings. The summed E-state index contributed by atoms with van der Waals surface area (Å²) in [4.78, 5) is 14.7. The Morgan fingerprint density at radius 1 is 1.09 bits per heavy atom. The van der Waals surface area contributed by atoms with Crippen LogP contribution in [0.15, 0.2) is 59.2 Å². The van der Waals surface area contributed by atoms with Crippen molar-refractivity contribution < 1.29 is 27.1 Å². The van der Waals surface area contributed by atoms with Crippen LogP contribution in [0.2, 0.25) is 0 Å². The van der Waals surface area contributed by atoms with Crippen molar-refractivity contribution in [1.29, 1.82) is 0 Å². The number of piperidine rings is 1. The first-order valence-corrected chi connectivity index (χ1v) is 11.3. The highest BCUT2D eigenvalue weighted by Gasteiger charge is 2.54. The van der Waals surface area contributed by atoms with Gasteiger partial charge in [0.2, 0.25) is 0 Å². The summed E-state index contributed by atoms with van der Waals surface area (Å²) in [6, 6.07) is 12.6. The molecule has 1 saturated heterocycles. The number of likely N-dealkylation sites (tertiary alicyclic amines) is 1. The molecule has 1 aliphatic carbocycles. The summed E-state index contributed by atoms with van der Waals surface area (Å²) in [6.07, 6.45) is 2.45. The largest absolute Gasteiger partial charge is 0.459 e. The van der Waals surface area contributed by atoms with Crippen LogP contribution in [0.3, 0.4) is 0 Å². The molecule has 1 aromatic heterocycles. The summed E-state index contributed by atoms with van der Waals surface area (Å²) in [5.41, 5.74) is 1.47. The van der Waals surface area contributed by atoms with Gasteiger partial charge in [-0.1, -0.05) is 24.3 Å². The Kier molecular flexibility index (Phi) is 5.95. The van der Waals surface area contributed by atoms with E-state index >= 15 is 0 Å². The molecule has 2 heterocycles. The second-order valence-electron chi connectivity index (χ2n) is 8.93. The summed E-state index contributed by atoms with van der Waals surface area (Å²) in [6.45, 7) is 1.08. The fourth-order valence-electron chi connectivity index (χ4n) is 5.59. The van der Waals surface area contributed by atoms with E-state index in [1.54, 1.807) is 19.2 Å². The zero-order valence-electron chi connectivity index (χ0n) is 18.7. The van der Waals surface area contributed by atoms with Crippen LogP contribution in [-0.4, -0.2) is 37.1 Å². The fraction of sp³-hybridized carbons (Fsp3) is 0.346. The number of nitrogens with one attached hydrogen (secondary N) is 1. The molecule has 178 valence electrons. The third-order valence-corrected chi connectivity index (χ3v) is 7.23. The van der Waals surface area contributed by atoms with Crippen LogP contribution in [-0.2, 0) is 16.7 Å². The van der Waals surface area contributed by atoms with Gasteiger partial charge in [0, 0.05) is 24.6 Å². The molecule has 3 aromatic rings. The average molecular weight is 470 g/mol. The van der Waals surface area contributed by atoms with Gasteiger partial charge in [-0.15, -0.1) is 0 Å². The van der Waals surface area contributed by atoms with E-state index in [2.05, 4.69) is 11.4 Å². The van der Waals surface area contributed by atoms with Crippen LogP contribution in [0.4, 0.5) is 13.2 Å². The SMILES string of the molecule is CO[C@H]1[C@H](NC(=O)c2ccco2)c2ccccc2C12CCN(Cc1c(F)ccc(F)c1F)CC2. The standard InChI is InChI=1S/C26H25F3N2O3/c1-33-24-23(30-25(32)21-7-4-14-34-21)16-5-2-3-6-18(16)26(24)10-12-31(13-11-26)15-17-19(27)8-9-20(28)22(17)29/h2-9,14,23-24H,10-13,15H2,1H3,(H,30,32)/t23-,24+/m1/s1. The lowest BCUT2D eigenvalue weighted by molar-refractivity contribution is -0.0126. The third-order valence-electron chi connectivity index (χ3n) is 7.23. The van der Waals surface area contributed by atoms with Crippen molar-refractivity contribution in [3.63, 3.8) is 0 Å². The molecule has 34 heavy (non-hydrogen) atoms. The van der Waals surface area contributed by atoms with Gasteiger partial charge in [-0.25, -0.2) is 13.2 Å². The zero-order chi connectivity index (χ0) is 23.9. The quantitative estimate of drug-likeness (QED) is 0.548. The van der Waals surface area contributed by atoms with Crippen LogP contribution in [0.25, 0.3) is 0 Å². The first kappa shape index (κ1) is 22.7. The highest BCUT2D eigenvalue weighted by Crippen LogP contribution is 2.52. The number of nitrogens with zero attached hydrogens (tertiary/aromatic N) is 1. The number of rotatable bonds is 5. The van der Waals surface area contributed by atoms with Crippen molar-refractivity contribution >= 4 is 5.91 Å². The molecule has 1 aliphatic heterocycles. The van der Waals surface area contributed by atoms with Crippen LogP contribution in [0.5, 0.6) is 0 Å². The van der Waals surface area contributed by atoms with Crippen LogP contribution < -0.4 is 5.32 Å². The molecule has 5 nitrogen and oxygen atoms in total. The fourth-order valence-corrected chi connectivity index (χ4v) is 5.59. The van der Waals surface area contributed by atoms with Crippen LogP contribution in [0.1, 0.15) is 46.1 Å². The Morgan fingerprint density at radius 3 is 2.53 bits per heavy atom. The number of hydrogen-bond acceptors (Lipinski definition) is 4. The second kappa shape index (κ2) is 8.92. The third kappa shape index (κ3) is 3.71. The second-order valence-corrected chi connectivity index (χ2v) is 8.93. The van der Waals surface area contributed by atoms with Crippen molar-refractivity contribution in [3.8, 4) is 0 Å². The van der Waals surface area contributed by atoms with Gasteiger partial charge in [-0.2, -0.15) is 0 Å². The van der Waals surface area contributed by atoms with Crippen molar-refractivity contribution in [2.24, 2.45) is 0 Å². The van der Waals surface area contributed by atoms with E-state index < -0.39 is 17.5 Å². The Hall–Kier alpha value is -3.10. The van der Waals surface area contributed by atoms with E-state index in [9.17, 15) is 18.0 Å². The first-order valence-electron chi connectivity index (χ1n) is 11.3. The van der Waals surface area contributed by atoms with Crippen LogP contribution in [0, 0.1) is 17.5 Å². The lowest BCUT2D eigenvalue weighted by atomic mass is 9.71. The van der Waals surface area contributed by atoms with Gasteiger partial charge in [0.25, 0.3) is 5.91 Å². The smallest absolute Gasteiger partial charge is 0.287 e. The van der Waals surface area contributed by atoms with E-state index in [-0.39, 0.29) is 41.3 Å². The first-order chi connectivity index (χ1) is 16.4. The lowest BCUT2D eigenvalue weighted by Gasteiger charge is -2.44. The summed E-state index contributed by atoms with van der Waals surface area (Å²) >= 11 is 0. The molecular weight excluding hydrogens is 445 g/mol. The average Bonchev–Trinajstić information content (AvgIpc) is 3.47. The molecule has 0 unspecified atom stereocenters. The minimum atomic E-state index is -1.14.